The van der Waals surface area contributed by atoms with E-state index in [0.29, 0.717) is 39.8 Å². The highest BCUT2D eigenvalue weighted by Crippen LogP contribution is 2.56. The monoisotopic (exact) mass is 724 g/mol. The standard InChI is InChI=1S/C42H33BrN2O5/c1-3-24-18-30(43)20-33-34(42(49)50-22-36(46)28-11-9-26(10-12-28)25-7-5-4-6-8-25)21-35(44-39(24)33)27-13-15-31(16-14-27)45-40(47)37-29-17-23(2)32(19-29)38(37)41(45)48/h4-18,20-21,29,32,37-38H,3,19,22H2,1-2H3. The number of ether oxygens (including phenoxy) is 1. The summed E-state index contributed by atoms with van der Waals surface area (Å²) in [5.74, 6) is -1.47. The quantitative estimate of drug-likeness (QED) is 0.0689. The van der Waals surface area contributed by atoms with Gasteiger partial charge >= 0.3 is 5.97 Å². The summed E-state index contributed by atoms with van der Waals surface area (Å²) in [5, 5.41) is 0.611. The van der Waals surface area contributed by atoms with Crippen LogP contribution in [0.3, 0.4) is 0 Å². The summed E-state index contributed by atoms with van der Waals surface area (Å²) in [6, 6.07) is 29.8. The van der Waals surface area contributed by atoms with Crippen molar-refractivity contribution < 1.29 is 23.9 Å². The summed E-state index contributed by atoms with van der Waals surface area (Å²) >= 11 is 3.57. The Labute approximate surface area is 298 Å². The van der Waals surface area contributed by atoms with E-state index in [2.05, 4.69) is 28.9 Å². The molecule has 2 bridgehead atoms. The summed E-state index contributed by atoms with van der Waals surface area (Å²) in [5.41, 5.74) is 7.35. The molecule has 1 aromatic heterocycles. The van der Waals surface area contributed by atoms with Gasteiger partial charge in [-0.25, -0.2) is 9.78 Å². The number of benzene rings is 4. The van der Waals surface area contributed by atoms with Crippen molar-refractivity contribution in [2.75, 3.05) is 11.5 Å². The molecule has 2 amide bonds. The lowest BCUT2D eigenvalue weighted by Gasteiger charge is -2.19. The Morgan fingerprint density at radius 2 is 1.54 bits per heavy atom. The molecule has 0 radical (unpaired) electrons. The third-order valence-electron chi connectivity index (χ3n) is 10.5. The molecule has 3 aliphatic rings. The number of rotatable bonds is 8. The van der Waals surface area contributed by atoms with Crippen LogP contribution in [0.1, 0.15) is 46.5 Å². The zero-order chi connectivity index (χ0) is 34.7. The second kappa shape index (κ2) is 12.6. The maximum Gasteiger partial charge on any atom is 0.339 e. The fourth-order valence-corrected chi connectivity index (χ4v) is 8.53. The Morgan fingerprint density at radius 1 is 0.860 bits per heavy atom. The second-order valence-electron chi connectivity index (χ2n) is 13.3. The highest BCUT2D eigenvalue weighted by atomic mass is 79.9. The predicted octanol–water partition coefficient (Wildman–Crippen LogP) is 8.64. The first-order chi connectivity index (χ1) is 24.2. The summed E-state index contributed by atoms with van der Waals surface area (Å²) in [7, 11) is 0. The van der Waals surface area contributed by atoms with E-state index in [4.69, 9.17) is 9.72 Å². The molecule has 2 fully saturated rings. The largest absolute Gasteiger partial charge is 0.454 e. The number of hydrogen-bond donors (Lipinski definition) is 0. The van der Waals surface area contributed by atoms with Crippen LogP contribution in [-0.2, 0) is 20.7 Å². The Kier molecular flexibility index (Phi) is 8.07. The SMILES string of the molecule is CCc1cc(Br)cc2c(C(=O)OCC(=O)c3ccc(-c4ccccc4)cc3)cc(-c3ccc(N4C(=O)C5C6C=C(C)C(C6)C5C4=O)cc3)nc12. The molecule has 7 nitrogen and oxygen atoms in total. The van der Waals surface area contributed by atoms with Crippen molar-refractivity contribution in [3.8, 4) is 22.4 Å². The molecule has 0 N–H and O–H groups in total. The normalized spacial score (nSPS) is 20.7. The average molecular weight is 726 g/mol. The molecule has 1 saturated carbocycles. The van der Waals surface area contributed by atoms with Gasteiger partial charge in [-0.05, 0) is 78.6 Å². The number of esters is 1. The molecular formula is C42H33BrN2O5. The lowest BCUT2D eigenvalue weighted by molar-refractivity contribution is -0.123. The fraction of sp³-hybridized carbons (Fsp3) is 0.214. The second-order valence-corrected chi connectivity index (χ2v) is 14.3. The maximum atomic E-state index is 13.7. The number of fused-ring (bicyclic) bond motifs is 6. The van der Waals surface area contributed by atoms with Crippen molar-refractivity contribution in [1.82, 2.24) is 4.98 Å². The molecule has 248 valence electrons. The molecule has 4 atom stereocenters. The number of nitrogens with zero attached hydrogens (tertiary/aromatic N) is 2. The number of imide groups is 1. The summed E-state index contributed by atoms with van der Waals surface area (Å²) < 4.78 is 6.43. The molecule has 8 heteroatoms. The zero-order valence-electron chi connectivity index (χ0n) is 27.6. The van der Waals surface area contributed by atoms with Crippen molar-refractivity contribution in [2.24, 2.45) is 23.7 Å². The number of Topliss-reactive ketones (excluding diaryl/α,β-unsaturated/α-hetero) is 1. The zero-order valence-corrected chi connectivity index (χ0v) is 29.1. The summed E-state index contributed by atoms with van der Waals surface area (Å²) in [4.78, 5) is 60.1. The Balaban J connectivity index is 1.06. The number of allylic oxidation sites excluding steroid dienone is 2. The van der Waals surface area contributed by atoms with Crippen LogP contribution in [0.2, 0.25) is 0 Å². The topological polar surface area (TPSA) is 93.6 Å². The molecule has 2 aliphatic carbocycles. The number of anilines is 1. The van der Waals surface area contributed by atoms with Gasteiger partial charge in [-0.3, -0.25) is 19.3 Å². The number of aromatic nitrogens is 1. The Bertz CT molecular complexity index is 2250. The Morgan fingerprint density at radius 3 is 2.26 bits per heavy atom. The third-order valence-corrected chi connectivity index (χ3v) is 11.0. The van der Waals surface area contributed by atoms with Crippen LogP contribution in [0, 0.1) is 23.7 Å². The van der Waals surface area contributed by atoms with Gasteiger partial charge in [-0.15, -0.1) is 0 Å². The molecule has 1 saturated heterocycles. The van der Waals surface area contributed by atoms with Crippen molar-refractivity contribution in [2.45, 2.75) is 26.7 Å². The first kappa shape index (κ1) is 32.0. The number of carbonyl (C=O) groups excluding carboxylic acids is 4. The minimum Gasteiger partial charge on any atom is -0.454 e. The van der Waals surface area contributed by atoms with Crippen LogP contribution < -0.4 is 4.90 Å². The van der Waals surface area contributed by atoms with Crippen LogP contribution in [0.15, 0.2) is 113 Å². The summed E-state index contributed by atoms with van der Waals surface area (Å²) in [6.45, 7) is 3.66. The van der Waals surface area contributed by atoms with Gasteiger partial charge in [-0.1, -0.05) is 101 Å². The average Bonchev–Trinajstić information content (AvgIpc) is 3.79. The number of carbonyl (C=O) groups is 4. The van der Waals surface area contributed by atoms with Crippen LogP contribution >= 0.6 is 15.9 Å². The highest BCUT2D eigenvalue weighted by Gasteiger charge is 2.60. The molecule has 5 aromatic rings. The number of hydrogen-bond acceptors (Lipinski definition) is 6. The highest BCUT2D eigenvalue weighted by molar-refractivity contribution is 9.10. The van der Waals surface area contributed by atoms with E-state index < -0.39 is 12.6 Å². The van der Waals surface area contributed by atoms with E-state index in [1.165, 1.54) is 10.5 Å². The first-order valence-electron chi connectivity index (χ1n) is 16.9. The molecule has 4 aromatic carbocycles. The first-order valence-corrected chi connectivity index (χ1v) is 17.7. The molecule has 2 heterocycles. The maximum absolute atomic E-state index is 13.7. The van der Waals surface area contributed by atoms with Gasteiger partial charge < -0.3 is 4.74 Å². The van der Waals surface area contributed by atoms with Crippen molar-refractivity contribution in [1.29, 1.82) is 0 Å². The van der Waals surface area contributed by atoms with Gasteiger partial charge in [0.1, 0.15) is 0 Å². The smallest absolute Gasteiger partial charge is 0.339 e. The van der Waals surface area contributed by atoms with E-state index in [1.54, 1.807) is 30.3 Å². The van der Waals surface area contributed by atoms with Gasteiger partial charge in [0.15, 0.2) is 12.4 Å². The minimum absolute atomic E-state index is 0.124. The molecule has 8 rings (SSSR count). The number of aryl methyl sites for hydroxylation is 1. The molecule has 50 heavy (non-hydrogen) atoms. The van der Waals surface area contributed by atoms with E-state index in [9.17, 15) is 19.2 Å². The van der Waals surface area contributed by atoms with Crippen molar-refractivity contribution in [3.63, 3.8) is 0 Å². The van der Waals surface area contributed by atoms with Gasteiger partial charge in [0.2, 0.25) is 11.8 Å². The molecule has 0 spiro atoms. The predicted molar refractivity (Wildman–Crippen MR) is 196 cm³/mol. The van der Waals surface area contributed by atoms with Gasteiger partial charge in [0.25, 0.3) is 0 Å². The van der Waals surface area contributed by atoms with Crippen LogP contribution in [0.5, 0.6) is 0 Å². The van der Waals surface area contributed by atoms with E-state index in [1.807, 2.05) is 73.7 Å². The van der Waals surface area contributed by atoms with Crippen molar-refractivity contribution in [3.05, 3.63) is 130 Å². The third kappa shape index (κ3) is 5.39. The van der Waals surface area contributed by atoms with Gasteiger partial charge in [-0.2, -0.15) is 0 Å². The van der Waals surface area contributed by atoms with Crippen LogP contribution in [-0.4, -0.2) is 35.2 Å². The van der Waals surface area contributed by atoms with Gasteiger partial charge in [0.05, 0.1) is 34.3 Å². The van der Waals surface area contributed by atoms with E-state index >= 15 is 0 Å². The van der Waals surface area contributed by atoms with Gasteiger partial charge in [0, 0.05) is 21.0 Å². The van der Waals surface area contributed by atoms with E-state index in [0.717, 1.165) is 27.6 Å². The number of halogens is 1. The van der Waals surface area contributed by atoms with E-state index in [-0.39, 0.29) is 46.8 Å². The fourth-order valence-electron chi connectivity index (χ4n) is 8.03. The Hall–Kier alpha value is -5.21. The lowest BCUT2D eigenvalue weighted by atomic mass is 9.82. The number of pyridine rings is 1. The molecular weight excluding hydrogens is 692 g/mol. The summed E-state index contributed by atoms with van der Waals surface area (Å²) in [6.07, 6.45) is 3.73. The molecule has 4 unspecified atom stereocenters. The number of ketones is 1. The minimum atomic E-state index is -0.636. The van der Waals surface area contributed by atoms with Crippen LogP contribution in [0.25, 0.3) is 33.3 Å². The number of amides is 2. The van der Waals surface area contributed by atoms with Crippen LogP contribution in [0.4, 0.5) is 5.69 Å². The lowest BCUT2D eigenvalue weighted by Crippen LogP contribution is -2.32. The van der Waals surface area contributed by atoms with Crippen molar-refractivity contribution >= 4 is 56.1 Å². The molecule has 1 aliphatic heterocycles.